The van der Waals surface area contributed by atoms with Crippen molar-refractivity contribution in [1.29, 1.82) is 0 Å². The Morgan fingerprint density at radius 3 is 2.63 bits per heavy atom. The fraction of sp³-hybridized carbons (Fsp3) is 0.500. The van der Waals surface area contributed by atoms with E-state index in [1.807, 2.05) is 0 Å². The van der Waals surface area contributed by atoms with Gasteiger partial charge in [0.1, 0.15) is 11.4 Å². The Kier molecular flexibility index (Phi) is 5.38. The maximum Gasteiger partial charge on any atom is 0.316 e. The molecule has 0 spiro atoms. The van der Waals surface area contributed by atoms with Crippen molar-refractivity contribution < 1.29 is 19.0 Å². The highest BCUT2D eigenvalue weighted by atomic mass is 32.2. The van der Waals surface area contributed by atoms with Crippen molar-refractivity contribution in [1.82, 2.24) is 0 Å². The van der Waals surface area contributed by atoms with Crippen LogP contribution in [0.5, 0.6) is 0 Å². The number of hydrogen-bond donors (Lipinski definition) is 1. The second kappa shape index (κ2) is 6.39. The number of halogens is 1. The summed E-state index contributed by atoms with van der Waals surface area (Å²) in [6.07, 6.45) is -0.781. The highest BCUT2D eigenvalue weighted by Crippen LogP contribution is 2.28. The molecule has 3 nitrogen and oxygen atoms in total. The molecule has 1 unspecified atom stereocenters. The fourth-order valence-electron chi connectivity index (χ4n) is 1.48. The summed E-state index contributed by atoms with van der Waals surface area (Å²) < 4.78 is 18.3. The molecule has 0 amide bonds. The zero-order valence-electron chi connectivity index (χ0n) is 11.6. The van der Waals surface area contributed by atoms with E-state index < -0.39 is 17.5 Å². The molecule has 0 saturated carbocycles. The van der Waals surface area contributed by atoms with Gasteiger partial charge in [0.15, 0.2) is 0 Å². The maximum atomic E-state index is 13.1. The molecule has 1 atom stereocenters. The van der Waals surface area contributed by atoms with Gasteiger partial charge in [-0.3, -0.25) is 4.79 Å². The molecule has 0 aliphatic carbocycles. The molecular weight excluding hydrogens is 267 g/mol. The van der Waals surface area contributed by atoms with Crippen LogP contribution in [0.1, 0.15) is 39.4 Å². The third-order valence-corrected chi connectivity index (χ3v) is 3.25. The first-order chi connectivity index (χ1) is 8.69. The zero-order chi connectivity index (χ0) is 14.6. The Balaban J connectivity index is 2.70. The van der Waals surface area contributed by atoms with Crippen LogP contribution in [0.15, 0.2) is 23.1 Å². The number of hydrogen-bond acceptors (Lipinski definition) is 4. The number of benzene rings is 1. The van der Waals surface area contributed by atoms with Crippen molar-refractivity contribution in [2.75, 3.05) is 5.75 Å². The van der Waals surface area contributed by atoms with Gasteiger partial charge >= 0.3 is 5.97 Å². The minimum absolute atomic E-state index is 0.128. The lowest BCUT2D eigenvalue weighted by Crippen LogP contribution is -2.24. The molecule has 1 aromatic carbocycles. The Morgan fingerprint density at radius 1 is 1.47 bits per heavy atom. The van der Waals surface area contributed by atoms with Gasteiger partial charge in [0, 0.05) is 4.90 Å². The number of aliphatic hydroxyl groups is 1. The van der Waals surface area contributed by atoms with E-state index in [9.17, 15) is 14.3 Å². The van der Waals surface area contributed by atoms with Gasteiger partial charge in [-0.2, -0.15) is 0 Å². The average Bonchev–Trinajstić information content (AvgIpc) is 2.24. The molecule has 19 heavy (non-hydrogen) atoms. The van der Waals surface area contributed by atoms with E-state index in [4.69, 9.17) is 4.74 Å². The highest BCUT2D eigenvalue weighted by Gasteiger charge is 2.17. The number of rotatable bonds is 4. The van der Waals surface area contributed by atoms with Crippen molar-refractivity contribution in [2.45, 2.75) is 44.3 Å². The largest absolute Gasteiger partial charge is 0.459 e. The predicted octanol–water partition coefficient (Wildman–Crippen LogP) is 3.31. The van der Waals surface area contributed by atoms with E-state index in [-0.39, 0.29) is 11.7 Å². The average molecular weight is 286 g/mol. The maximum absolute atomic E-state index is 13.1. The van der Waals surface area contributed by atoms with E-state index in [1.165, 1.54) is 23.9 Å². The Labute approximate surface area is 117 Å². The van der Waals surface area contributed by atoms with Gasteiger partial charge in [-0.1, -0.05) is 0 Å². The van der Waals surface area contributed by atoms with Crippen LogP contribution in [0.25, 0.3) is 0 Å². The lowest BCUT2D eigenvalue weighted by Gasteiger charge is -2.19. The van der Waals surface area contributed by atoms with Gasteiger partial charge in [0.25, 0.3) is 0 Å². The van der Waals surface area contributed by atoms with Crippen LogP contribution in [0.4, 0.5) is 4.39 Å². The zero-order valence-corrected chi connectivity index (χ0v) is 12.4. The number of esters is 1. The predicted molar refractivity (Wildman–Crippen MR) is 73.6 cm³/mol. The number of carbonyl (C=O) groups is 1. The van der Waals surface area contributed by atoms with Crippen molar-refractivity contribution in [2.24, 2.45) is 0 Å². The third-order valence-electron chi connectivity index (χ3n) is 2.19. The van der Waals surface area contributed by atoms with E-state index in [2.05, 4.69) is 0 Å². The van der Waals surface area contributed by atoms with Crippen molar-refractivity contribution in [3.63, 3.8) is 0 Å². The molecule has 0 fully saturated rings. The Morgan fingerprint density at radius 2 is 2.11 bits per heavy atom. The van der Waals surface area contributed by atoms with Gasteiger partial charge in [-0.05, 0) is 51.5 Å². The van der Waals surface area contributed by atoms with Crippen LogP contribution in [0, 0.1) is 5.82 Å². The topological polar surface area (TPSA) is 46.5 Å². The molecule has 0 aromatic heterocycles. The normalized spacial score (nSPS) is 13.2. The Hall–Kier alpha value is -1.07. The minimum Gasteiger partial charge on any atom is -0.459 e. The lowest BCUT2D eigenvalue weighted by molar-refractivity contribution is -0.151. The van der Waals surface area contributed by atoms with Gasteiger partial charge in [-0.15, -0.1) is 11.8 Å². The second-order valence-electron chi connectivity index (χ2n) is 5.23. The molecule has 0 saturated heterocycles. The van der Waals surface area contributed by atoms with Crippen LogP contribution in [0.3, 0.4) is 0 Å². The molecule has 0 bridgehead atoms. The van der Waals surface area contributed by atoms with Crippen LogP contribution in [-0.2, 0) is 9.53 Å². The molecule has 106 valence electrons. The number of ether oxygens (including phenoxy) is 1. The van der Waals surface area contributed by atoms with Crippen LogP contribution < -0.4 is 0 Å². The van der Waals surface area contributed by atoms with Gasteiger partial charge in [0.2, 0.25) is 0 Å². The second-order valence-corrected chi connectivity index (χ2v) is 6.25. The molecule has 1 N–H and O–H groups in total. The monoisotopic (exact) mass is 286 g/mol. The molecule has 1 rings (SSSR count). The van der Waals surface area contributed by atoms with E-state index in [1.54, 1.807) is 33.8 Å². The van der Waals surface area contributed by atoms with Crippen LogP contribution >= 0.6 is 11.8 Å². The summed E-state index contributed by atoms with van der Waals surface area (Å²) in [5.74, 6) is -0.612. The van der Waals surface area contributed by atoms with Gasteiger partial charge in [-0.25, -0.2) is 4.39 Å². The molecule has 0 aliphatic rings. The number of thioether (sulfide) groups is 1. The van der Waals surface area contributed by atoms with Gasteiger partial charge < -0.3 is 9.84 Å². The van der Waals surface area contributed by atoms with Crippen molar-refractivity contribution >= 4 is 17.7 Å². The first-order valence-corrected chi connectivity index (χ1v) is 7.00. The highest BCUT2D eigenvalue weighted by molar-refractivity contribution is 8.00. The van der Waals surface area contributed by atoms with E-state index >= 15 is 0 Å². The van der Waals surface area contributed by atoms with Gasteiger partial charge in [0.05, 0.1) is 11.9 Å². The molecule has 0 heterocycles. The number of aliphatic hydroxyl groups excluding tert-OH is 1. The van der Waals surface area contributed by atoms with Crippen molar-refractivity contribution in [3.8, 4) is 0 Å². The summed E-state index contributed by atoms with van der Waals surface area (Å²) in [6, 6.07) is 4.15. The lowest BCUT2D eigenvalue weighted by atomic mass is 10.1. The smallest absolute Gasteiger partial charge is 0.316 e. The number of carbonyl (C=O) groups excluding carboxylic acids is 1. The van der Waals surface area contributed by atoms with Crippen LogP contribution in [-0.4, -0.2) is 22.4 Å². The summed E-state index contributed by atoms with van der Waals surface area (Å²) in [7, 11) is 0. The molecular formula is C14H19FO3S. The SMILES string of the molecule is CC(O)c1cc(F)ccc1SCC(=O)OC(C)(C)C. The standard InChI is InChI=1S/C14H19FO3S/c1-9(16)11-7-10(15)5-6-12(11)19-8-13(17)18-14(2,3)4/h5-7,9,16H,8H2,1-4H3. The summed E-state index contributed by atoms with van der Waals surface area (Å²) in [5, 5.41) is 9.58. The summed E-state index contributed by atoms with van der Waals surface area (Å²) in [5.41, 5.74) is -0.0402. The van der Waals surface area contributed by atoms with Crippen molar-refractivity contribution in [3.05, 3.63) is 29.6 Å². The fourth-order valence-corrected chi connectivity index (χ4v) is 2.38. The van der Waals surface area contributed by atoms with Crippen LogP contribution in [0.2, 0.25) is 0 Å². The molecule has 0 aliphatic heterocycles. The first-order valence-electron chi connectivity index (χ1n) is 6.01. The quantitative estimate of drug-likeness (QED) is 0.681. The minimum atomic E-state index is -0.781. The molecule has 1 aromatic rings. The third kappa shape index (κ3) is 5.61. The molecule has 0 radical (unpaired) electrons. The first kappa shape index (κ1) is 16.0. The van der Waals surface area contributed by atoms with E-state index in [0.29, 0.717) is 10.5 Å². The summed E-state index contributed by atoms with van der Waals surface area (Å²) in [6.45, 7) is 6.96. The Bertz CT molecular complexity index is 452. The summed E-state index contributed by atoms with van der Waals surface area (Å²) >= 11 is 1.23. The molecule has 5 heteroatoms. The summed E-state index contributed by atoms with van der Waals surface area (Å²) in [4.78, 5) is 12.3. The van der Waals surface area contributed by atoms with E-state index in [0.717, 1.165) is 0 Å².